The summed E-state index contributed by atoms with van der Waals surface area (Å²) in [6.45, 7) is 7.90. The smallest absolute Gasteiger partial charge is 0.265 e. The average molecular weight is 333 g/mol. The Kier molecular flexibility index (Phi) is 5.00. The van der Waals surface area contributed by atoms with E-state index in [1.807, 2.05) is 45.9 Å². The highest BCUT2D eigenvalue weighted by molar-refractivity contribution is 7.92. The summed E-state index contributed by atoms with van der Waals surface area (Å²) in [5.41, 5.74) is 3.50. The number of hydrogen-bond acceptors (Lipinski definition) is 3. The molecule has 0 bridgehead atoms. The molecule has 1 N–H and O–H groups in total. The van der Waals surface area contributed by atoms with E-state index in [1.54, 1.807) is 18.2 Å². The van der Waals surface area contributed by atoms with Gasteiger partial charge in [0.2, 0.25) is 0 Å². The molecule has 124 valence electrons. The number of ether oxygens (including phenoxy) is 1. The van der Waals surface area contributed by atoms with Gasteiger partial charge in [-0.1, -0.05) is 37.6 Å². The summed E-state index contributed by atoms with van der Waals surface area (Å²) in [6.07, 6.45) is 0. The summed E-state index contributed by atoms with van der Waals surface area (Å²) in [4.78, 5) is 0.158. The molecule has 5 heteroatoms. The number of hydrogen-bond donors (Lipinski definition) is 1. The second-order valence-corrected chi connectivity index (χ2v) is 7.64. The van der Waals surface area contributed by atoms with Crippen molar-refractivity contribution >= 4 is 15.7 Å². The first-order valence-corrected chi connectivity index (χ1v) is 9.01. The molecule has 4 nitrogen and oxygen atoms in total. The zero-order valence-electron chi connectivity index (χ0n) is 14.2. The number of rotatable bonds is 5. The van der Waals surface area contributed by atoms with Gasteiger partial charge in [-0.3, -0.25) is 4.72 Å². The first-order chi connectivity index (χ1) is 10.7. The van der Waals surface area contributed by atoms with E-state index in [0.717, 1.165) is 16.7 Å². The molecule has 0 fully saturated rings. The molecule has 0 unspecified atom stereocenters. The fraction of sp³-hybridized carbons (Fsp3) is 0.333. The topological polar surface area (TPSA) is 55.4 Å². The summed E-state index contributed by atoms with van der Waals surface area (Å²) >= 11 is 0. The highest BCUT2D eigenvalue weighted by atomic mass is 32.2. The predicted molar refractivity (Wildman–Crippen MR) is 93.8 cm³/mol. The van der Waals surface area contributed by atoms with Crippen molar-refractivity contribution in [1.82, 2.24) is 0 Å². The van der Waals surface area contributed by atoms with Crippen LogP contribution < -0.4 is 9.46 Å². The fourth-order valence-corrected chi connectivity index (χ4v) is 3.73. The van der Waals surface area contributed by atoms with E-state index in [-0.39, 0.29) is 10.8 Å². The minimum atomic E-state index is -3.72. The first kappa shape index (κ1) is 17.3. The number of benzene rings is 2. The van der Waals surface area contributed by atoms with Crippen LogP contribution in [0.5, 0.6) is 5.75 Å². The Hall–Kier alpha value is -2.01. The van der Waals surface area contributed by atoms with E-state index in [9.17, 15) is 8.42 Å². The third kappa shape index (κ3) is 3.85. The maximum atomic E-state index is 12.8. The molecule has 0 saturated heterocycles. The Bertz CT molecular complexity index is 811. The molecular formula is C18H23NO3S. The van der Waals surface area contributed by atoms with Crippen LogP contribution in [0, 0.1) is 13.8 Å². The zero-order chi connectivity index (χ0) is 17.2. The largest absolute Gasteiger partial charge is 0.495 e. The van der Waals surface area contributed by atoms with Gasteiger partial charge in [-0.15, -0.1) is 0 Å². The first-order valence-electron chi connectivity index (χ1n) is 7.52. The lowest BCUT2D eigenvalue weighted by Crippen LogP contribution is -2.15. The van der Waals surface area contributed by atoms with Gasteiger partial charge in [0.1, 0.15) is 10.6 Å². The van der Waals surface area contributed by atoms with Crippen LogP contribution in [0.4, 0.5) is 5.69 Å². The third-order valence-corrected chi connectivity index (χ3v) is 5.16. The summed E-state index contributed by atoms with van der Waals surface area (Å²) < 4.78 is 33.5. The number of anilines is 1. The molecule has 0 radical (unpaired) electrons. The standard InChI is InChI=1S/C18H23NO3S/c1-12(2)15-7-9-17(22-5)18(11-15)23(20,21)19-16-8-6-13(3)10-14(16)4/h6-12,19H,1-5H3. The quantitative estimate of drug-likeness (QED) is 0.890. The van der Waals surface area contributed by atoms with Crippen LogP contribution in [0.2, 0.25) is 0 Å². The van der Waals surface area contributed by atoms with Crippen molar-refractivity contribution in [2.75, 3.05) is 11.8 Å². The Morgan fingerprint density at radius 2 is 1.74 bits per heavy atom. The van der Waals surface area contributed by atoms with Crippen molar-refractivity contribution in [2.24, 2.45) is 0 Å². The monoisotopic (exact) mass is 333 g/mol. The van der Waals surface area contributed by atoms with Gasteiger partial charge in [-0.2, -0.15) is 0 Å². The summed E-state index contributed by atoms with van der Waals surface area (Å²) in [5.74, 6) is 0.572. The summed E-state index contributed by atoms with van der Waals surface area (Å²) in [6, 6.07) is 10.9. The van der Waals surface area contributed by atoms with Crippen LogP contribution in [0.3, 0.4) is 0 Å². The highest BCUT2D eigenvalue weighted by Gasteiger charge is 2.21. The molecular weight excluding hydrogens is 310 g/mol. The molecule has 0 aromatic heterocycles. The van der Waals surface area contributed by atoms with Crippen LogP contribution in [-0.4, -0.2) is 15.5 Å². The van der Waals surface area contributed by atoms with Crippen LogP contribution in [-0.2, 0) is 10.0 Å². The van der Waals surface area contributed by atoms with E-state index >= 15 is 0 Å². The molecule has 2 rings (SSSR count). The van der Waals surface area contributed by atoms with Crippen molar-refractivity contribution in [3.05, 3.63) is 53.1 Å². The van der Waals surface area contributed by atoms with Crippen molar-refractivity contribution < 1.29 is 13.2 Å². The number of nitrogens with one attached hydrogen (secondary N) is 1. The Morgan fingerprint density at radius 1 is 1.04 bits per heavy atom. The lowest BCUT2D eigenvalue weighted by molar-refractivity contribution is 0.402. The van der Waals surface area contributed by atoms with Crippen molar-refractivity contribution in [1.29, 1.82) is 0 Å². The van der Waals surface area contributed by atoms with E-state index < -0.39 is 10.0 Å². The van der Waals surface area contributed by atoms with Gasteiger partial charge in [-0.25, -0.2) is 8.42 Å². The van der Waals surface area contributed by atoms with Crippen molar-refractivity contribution in [3.63, 3.8) is 0 Å². The normalized spacial score (nSPS) is 11.6. The van der Waals surface area contributed by atoms with E-state index in [1.165, 1.54) is 7.11 Å². The third-order valence-electron chi connectivity index (χ3n) is 3.77. The lowest BCUT2D eigenvalue weighted by Gasteiger charge is -2.15. The van der Waals surface area contributed by atoms with Crippen LogP contribution >= 0.6 is 0 Å². The zero-order valence-corrected chi connectivity index (χ0v) is 15.0. The predicted octanol–water partition coefficient (Wildman–Crippen LogP) is 4.24. The van der Waals surface area contributed by atoms with E-state index in [4.69, 9.17) is 4.74 Å². The van der Waals surface area contributed by atoms with Gasteiger partial charge in [0.05, 0.1) is 12.8 Å². The van der Waals surface area contributed by atoms with Gasteiger partial charge in [0, 0.05) is 0 Å². The molecule has 0 heterocycles. The molecule has 0 aliphatic heterocycles. The van der Waals surface area contributed by atoms with Crippen LogP contribution in [0.25, 0.3) is 0 Å². The highest BCUT2D eigenvalue weighted by Crippen LogP contribution is 2.30. The van der Waals surface area contributed by atoms with Gasteiger partial charge < -0.3 is 4.74 Å². The number of methoxy groups -OCH3 is 1. The molecule has 0 saturated carbocycles. The van der Waals surface area contributed by atoms with Crippen LogP contribution in [0.1, 0.15) is 36.5 Å². The van der Waals surface area contributed by atoms with Gasteiger partial charge >= 0.3 is 0 Å². The second-order valence-electron chi connectivity index (χ2n) is 5.99. The van der Waals surface area contributed by atoms with Crippen LogP contribution in [0.15, 0.2) is 41.3 Å². The van der Waals surface area contributed by atoms with Gasteiger partial charge in [0.25, 0.3) is 10.0 Å². The average Bonchev–Trinajstić information content (AvgIpc) is 2.49. The molecule has 0 amide bonds. The van der Waals surface area contributed by atoms with E-state index in [0.29, 0.717) is 11.4 Å². The molecule has 0 aliphatic rings. The maximum absolute atomic E-state index is 12.8. The number of aryl methyl sites for hydroxylation is 2. The van der Waals surface area contributed by atoms with Gasteiger partial charge in [-0.05, 0) is 49.1 Å². The molecule has 2 aromatic carbocycles. The second kappa shape index (κ2) is 6.62. The minimum absolute atomic E-state index is 0.158. The summed E-state index contributed by atoms with van der Waals surface area (Å²) in [7, 11) is -2.25. The molecule has 2 aromatic rings. The SMILES string of the molecule is COc1ccc(C(C)C)cc1S(=O)(=O)Nc1ccc(C)cc1C. The Labute approximate surface area is 138 Å². The van der Waals surface area contributed by atoms with E-state index in [2.05, 4.69) is 4.72 Å². The Balaban J connectivity index is 2.48. The van der Waals surface area contributed by atoms with Crippen molar-refractivity contribution in [3.8, 4) is 5.75 Å². The molecule has 0 aliphatic carbocycles. The van der Waals surface area contributed by atoms with Gasteiger partial charge in [0.15, 0.2) is 0 Å². The molecule has 23 heavy (non-hydrogen) atoms. The molecule has 0 spiro atoms. The lowest BCUT2D eigenvalue weighted by atomic mass is 10.0. The van der Waals surface area contributed by atoms with Crippen molar-refractivity contribution in [2.45, 2.75) is 38.5 Å². The number of sulfonamides is 1. The fourth-order valence-electron chi connectivity index (χ4n) is 2.39. The molecule has 0 atom stereocenters. The minimum Gasteiger partial charge on any atom is -0.495 e. The maximum Gasteiger partial charge on any atom is 0.265 e. The Morgan fingerprint density at radius 3 is 2.30 bits per heavy atom. The summed E-state index contributed by atoms with van der Waals surface area (Å²) in [5, 5.41) is 0.